The molecule has 0 bridgehead atoms. The second-order valence-corrected chi connectivity index (χ2v) is 5.73. The van der Waals surface area contributed by atoms with E-state index in [0.717, 1.165) is 22.9 Å². The van der Waals surface area contributed by atoms with Crippen LogP contribution in [0.5, 0.6) is 0 Å². The number of esters is 1. The van der Waals surface area contributed by atoms with E-state index in [0.29, 0.717) is 0 Å². The summed E-state index contributed by atoms with van der Waals surface area (Å²) in [5, 5.41) is 3.89. The molecule has 3 rings (SSSR count). The molecular formula is C20H14F3NO3. The van der Waals surface area contributed by atoms with Crippen LogP contribution in [0.15, 0.2) is 66.7 Å². The number of alkyl halides is 3. The van der Waals surface area contributed by atoms with Crippen LogP contribution in [0.4, 0.5) is 18.9 Å². The first-order valence-electron chi connectivity index (χ1n) is 7.96. The van der Waals surface area contributed by atoms with Gasteiger partial charge in [0.15, 0.2) is 6.61 Å². The topological polar surface area (TPSA) is 55.4 Å². The minimum atomic E-state index is -4.61. The number of carbonyl (C=O) groups is 2. The van der Waals surface area contributed by atoms with E-state index in [9.17, 15) is 22.8 Å². The van der Waals surface area contributed by atoms with Crippen LogP contribution in [-0.4, -0.2) is 18.5 Å². The molecule has 1 amide bonds. The average Bonchev–Trinajstić information content (AvgIpc) is 2.65. The number of amides is 1. The van der Waals surface area contributed by atoms with Gasteiger partial charge in [-0.2, -0.15) is 13.2 Å². The molecule has 27 heavy (non-hydrogen) atoms. The lowest BCUT2D eigenvalue weighted by Crippen LogP contribution is -2.22. The van der Waals surface area contributed by atoms with Crippen molar-refractivity contribution in [2.24, 2.45) is 0 Å². The molecule has 138 valence electrons. The number of nitrogens with one attached hydrogen (secondary N) is 1. The average molecular weight is 373 g/mol. The van der Waals surface area contributed by atoms with Crippen molar-refractivity contribution in [3.05, 3.63) is 77.9 Å². The van der Waals surface area contributed by atoms with Crippen LogP contribution in [0.2, 0.25) is 0 Å². The van der Waals surface area contributed by atoms with Crippen LogP contribution < -0.4 is 5.32 Å². The van der Waals surface area contributed by atoms with Crippen molar-refractivity contribution < 1.29 is 27.5 Å². The number of carbonyl (C=O) groups excluding carboxylic acids is 2. The lowest BCUT2D eigenvalue weighted by Gasteiger charge is -2.13. The molecule has 0 fully saturated rings. The molecule has 0 aliphatic carbocycles. The standard InChI is InChI=1S/C20H14F3NO3/c21-20(22,23)16-7-3-4-8-17(16)24-18(25)12-27-19(26)15-10-9-13-5-1-2-6-14(13)11-15/h1-11H,12H2,(H,24,25). The van der Waals surface area contributed by atoms with Crippen LogP contribution in [0, 0.1) is 0 Å². The third kappa shape index (κ3) is 4.44. The molecule has 0 unspecified atom stereocenters. The third-order valence-electron chi connectivity index (χ3n) is 3.83. The molecule has 0 atom stereocenters. The van der Waals surface area contributed by atoms with E-state index in [1.165, 1.54) is 12.1 Å². The van der Waals surface area contributed by atoms with Crippen molar-refractivity contribution in [1.29, 1.82) is 0 Å². The molecule has 3 aromatic rings. The van der Waals surface area contributed by atoms with Crippen molar-refractivity contribution in [3.8, 4) is 0 Å². The van der Waals surface area contributed by atoms with Gasteiger partial charge in [0.2, 0.25) is 0 Å². The fraction of sp³-hybridized carbons (Fsp3) is 0.100. The molecule has 0 aromatic heterocycles. The maximum Gasteiger partial charge on any atom is 0.418 e. The number of hydrogen-bond acceptors (Lipinski definition) is 3. The van der Waals surface area contributed by atoms with Gasteiger partial charge in [-0.3, -0.25) is 4.79 Å². The van der Waals surface area contributed by atoms with E-state index < -0.39 is 35.9 Å². The quantitative estimate of drug-likeness (QED) is 0.677. The van der Waals surface area contributed by atoms with Crippen LogP contribution in [0.3, 0.4) is 0 Å². The van der Waals surface area contributed by atoms with E-state index in [-0.39, 0.29) is 5.56 Å². The number of hydrogen-bond donors (Lipinski definition) is 1. The number of anilines is 1. The summed E-state index contributed by atoms with van der Waals surface area (Å²) in [5.74, 6) is -1.60. The van der Waals surface area contributed by atoms with Gasteiger partial charge >= 0.3 is 12.1 Å². The summed E-state index contributed by atoms with van der Waals surface area (Å²) < 4.78 is 43.7. The van der Waals surface area contributed by atoms with Crippen LogP contribution in [0.25, 0.3) is 10.8 Å². The fourth-order valence-corrected chi connectivity index (χ4v) is 2.56. The number of rotatable bonds is 4. The minimum absolute atomic E-state index is 0.247. The first kappa shape index (κ1) is 18.4. The van der Waals surface area contributed by atoms with E-state index in [2.05, 4.69) is 5.32 Å². The molecule has 0 heterocycles. The molecule has 7 heteroatoms. The smallest absolute Gasteiger partial charge is 0.418 e. The van der Waals surface area contributed by atoms with Gasteiger partial charge in [0, 0.05) is 0 Å². The second kappa shape index (κ2) is 7.49. The predicted molar refractivity (Wildman–Crippen MR) is 94.3 cm³/mol. The molecule has 1 N–H and O–H groups in total. The number of para-hydroxylation sites is 1. The van der Waals surface area contributed by atoms with Crippen molar-refractivity contribution >= 4 is 28.3 Å². The predicted octanol–water partition coefficient (Wildman–Crippen LogP) is 4.65. The summed E-state index contributed by atoms with van der Waals surface area (Å²) in [6.07, 6.45) is -4.61. The van der Waals surface area contributed by atoms with Crippen LogP contribution >= 0.6 is 0 Å². The van der Waals surface area contributed by atoms with Gasteiger partial charge < -0.3 is 10.1 Å². The summed E-state index contributed by atoms with van der Waals surface area (Å²) in [6, 6.07) is 16.9. The summed E-state index contributed by atoms with van der Waals surface area (Å²) in [4.78, 5) is 24.0. The highest BCUT2D eigenvalue weighted by atomic mass is 19.4. The number of fused-ring (bicyclic) bond motifs is 1. The minimum Gasteiger partial charge on any atom is -0.452 e. The van der Waals surface area contributed by atoms with Gasteiger partial charge in [0.25, 0.3) is 5.91 Å². The maximum absolute atomic E-state index is 12.9. The molecule has 0 aliphatic heterocycles. The highest BCUT2D eigenvalue weighted by Gasteiger charge is 2.33. The summed E-state index contributed by atoms with van der Waals surface area (Å²) in [7, 11) is 0. The SMILES string of the molecule is O=C(COC(=O)c1ccc2ccccc2c1)Nc1ccccc1C(F)(F)F. The van der Waals surface area contributed by atoms with E-state index in [1.54, 1.807) is 18.2 Å². The first-order valence-corrected chi connectivity index (χ1v) is 7.96. The summed E-state index contributed by atoms with van der Waals surface area (Å²) in [6.45, 7) is -0.697. The summed E-state index contributed by atoms with van der Waals surface area (Å²) in [5.41, 5.74) is -1.12. The van der Waals surface area contributed by atoms with Gasteiger partial charge in [-0.1, -0.05) is 42.5 Å². The number of ether oxygens (including phenoxy) is 1. The number of halogens is 3. The highest BCUT2D eigenvalue weighted by Crippen LogP contribution is 2.34. The third-order valence-corrected chi connectivity index (χ3v) is 3.83. The lowest BCUT2D eigenvalue weighted by atomic mass is 10.1. The van der Waals surface area contributed by atoms with Crippen molar-refractivity contribution in [3.63, 3.8) is 0 Å². The Kier molecular flexibility index (Phi) is 5.12. The van der Waals surface area contributed by atoms with E-state index >= 15 is 0 Å². The molecule has 0 aliphatic rings. The highest BCUT2D eigenvalue weighted by molar-refractivity contribution is 5.98. The van der Waals surface area contributed by atoms with Crippen molar-refractivity contribution in [1.82, 2.24) is 0 Å². The van der Waals surface area contributed by atoms with Crippen molar-refractivity contribution in [2.75, 3.05) is 11.9 Å². The molecule has 0 saturated heterocycles. The molecule has 4 nitrogen and oxygen atoms in total. The normalized spacial score (nSPS) is 11.2. The Balaban J connectivity index is 1.64. The van der Waals surface area contributed by atoms with Gasteiger partial charge in [0.05, 0.1) is 16.8 Å². The zero-order valence-electron chi connectivity index (χ0n) is 13.9. The number of benzene rings is 3. The van der Waals surface area contributed by atoms with Crippen LogP contribution in [0.1, 0.15) is 15.9 Å². The second-order valence-electron chi connectivity index (χ2n) is 5.73. The summed E-state index contributed by atoms with van der Waals surface area (Å²) >= 11 is 0. The van der Waals surface area contributed by atoms with Crippen LogP contribution in [-0.2, 0) is 15.7 Å². The Hall–Kier alpha value is -3.35. The van der Waals surface area contributed by atoms with Crippen molar-refractivity contribution in [2.45, 2.75) is 6.18 Å². The molecular weight excluding hydrogens is 359 g/mol. The zero-order valence-corrected chi connectivity index (χ0v) is 13.9. The van der Waals surface area contributed by atoms with Gasteiger partial charge in [-0.25, -0.2) is 4.79 Å². The molecule has 0 saturated carbocycles. The maximum atomic E-state index is 12.9. The molecule has 0 radical (unpaired) electrons. The van der Waals surface area contributed by atoms with E-state index in [4.69, 9.17) is 4.74 Å². The Morgan fingerprint density at radius 3 is 2.30 bits per heavy atom. The lowest BCUT2D eigenvalue weighted by molar-refractivity contribution is -0.137. The first-order chi connectivity index (χ1) is 12.8. The Morgan fingerprint density at radius 2 is 1.56 bits per heavy atom. The Morgan fingerprint density at radius 1 is 0.889 bits per heavy atom. The van der Waals surface area contributed by atoms with Gasteiger partial charge in [-0.05, 0) is 35.0 Å². The molecule has 3 aromatic carbocycles. The largest absolute Gasteiger partial charge is 0.452 e. The fourth-order valence-electron chi connectivity index (χ4n) is 2.56. The Bertz CT molecular complexity index is 999. The van der Waals surface area contributed by atoms with E-state index in [1.807, 2.05) is 24.3 Å². The molecule has 0 spiro atoms. The van der Waals surface area contributed by atoms with Gasteiger partial charge in [0.1, 0.15) is 0 Å². The van der Waals surface area contributed by atoms with Gasteiger partial charge in [-0.15, -0.1) is 0 Å². The zero-order chi connectivity index (χ0) is 19.4. The monoisotopic (exact) mass is 373 g/mol. The Labute approximate surface area is 152 Å².